The predicted octanol–water partition coefficient (Wildman–Crippen LogP) is 3.54. The van der Waals surface area contributed by atoms with E-state index in [4.69, 9.17) is 0 Å². The van der Waals surface area contributed by atoms with E-state index in [9.17, 15) is 9.90 Å². The zero-order chi connectivity index (χ0) is 15.2. The summed E-state index contributed by atoms with van der Waals surface area (Å²) in [5.74, 6) is 0.308. The predicted molar refractivity (Wildman–Crippen MR) is 84.1 cm³/mol. The van der Waals surface area contributed by atoms with Gasteiger partial charge in [0.15, 0.2) is 0 Å². The molecule has 0 heterocycles. The first-order valence-corrected chi connectivity index (χ1v) is 7.17. The molecular weight excluding hydrogens is 262 g/mol. The Labute approximate surface area is 125 Å². The van der Waals surface area contributed by atoms with Crippen molar-refractivity contribution in [3.05, 3.63) is 65.7 Å². The standard InChI is InChI=1S/C18H21NO2/c1-14(16-10-6-7-11-17(16)20)19(2)18(21)13-12-15-8-4-3-5-9-15/h3-11,14,20H,12-13H2,1-2H3. The third-order valence-electron chi connectivity index (χ3n) is 3.83. The average molecular weight is 283 g/mol. The molecule has 0 radical (unpaired) electrons. The molecule has 1 N–H and O–H groups in total. The van der Waals surface area contributed by atoms with Crippen molar-refractivity contribution in [2.45, 2.75) is 25.8 Å². The number of hydrogen-bond acceptors (Lipinski definition) is 2. The van der Waals surface area contributed by atoms with Crippen molar-refractivity contribution in [2.75, 3.05) is 7.05 Å². The van der Waals surface area contributed by atoms with E-state index in [1.807, 2.05) is 49.4 Å². The smallest absolute Gasteiger partial charge is 0.223 e. The van der Waals surface area contributed by atoms with Crippen LogP contribution in [0.3, 0.4) is 0 Å². The van der Waals surface area contributed by atoms with Crippen molar-refractivity contribution < 1.29 is 9.90 Å². The largest absolute Gasteiger partial charge is 0.508 e. The molecule has 0 aliphatic heterocycles. The molecule has 1 atom stereocenters. The number of phenolic OH excluding ortho intramolecular Hbond substituents is 1. The lowest BCUT2D eigenvalue weighted by atomic mass is 10.0. The second-order valence-corrected chi connectivity index (χ2v) is 5.23. The number of aromatic hydroxyl groups is 1. The van der Waals surface area contributed by atoms with Crippen LogP contribution in [-0.2, 0) is 11.2 Å². The molecule has 0 fully saturated rings. The Morgan fingerprint density at radius 3 is 2.38 bits per heavy atom. The highest BCUT2D eigenvalue weighted by molar-refractivity contribution is 5.76. The SMILES string of the molecule is CC(c1ccccc1O)N(C)C(=O)CCc1ccccc1. The molecule has 21 heavy (non-hydrogen) atoms. The van der Waals surface area contributed by atoms with Gasteiger partial charge in [-0.25, -0.2) is 0 Å². The summed E-state index contributed by atoms with van der Waals surface area (Å²) in [6, 6.07) is 17.0. The van der Waals surface area contributed by atoms with Crippen LogP contribution in [0.15, 0.2) is 54.6 Å². The van der Waals surface area contributed by atoms with Crippen LogP contribution in [0.5, 0.6) is 5.75 Å². The van der Waals surface area contributed by atoms with E-state index in [2.05, 4.69) is 0 Å². The van der Waals surface area contributed by atoms with Crippen LogP contribution < -0.4 is 0 Å². The van der Waals surface area contributed by atoms with Crippen LogP contribution in [-0.4, -0.2) is 23.0 Å². The summed E-state index contributed by atoms with van der Waals surface area (Å²) >= 11 is 0. The average Bonchev–Trinajstić information content (AvgIpc) is 2.52. The molecule has 0 saturated carbocycles. The van der Waals surface area contributed by atoms with Crippen LogP contribution >= 0.6 is 0 Å². The number of carbonyl (C=O) groups excluding carboxylic acids is 1. The number of benzene rings is 2. The number of carbonyl (C=O) groups is 1. The molecule has 3 heteroatoms. The quantitative estimate of drug-likeness (QED) is 0.911. The fourth-order valence-corrected chi connectivity index (χ4v) is 2.34. The zero-order valence-electron chi connectivity index (χ0n) is 12.5. The number of nitrogens with zero attached hydrogens (tertiary/aromatic N) is 1. The van der Waals surface area contributed by atoms with Gasteiger partial charge in [0.1, 0.15) is 5.75 Å². The molecule has 2 rings (SSSR count). The van der Waals surface area contributed by atoms with Crippen molar-refractivity contribution in [2.24, 2.45) is 0 Å². The van der Waals surface area contributed by atoms with Gasteiger partial charge in [0.2, 0.25) is 5.91 Å². The van der Waals surface area contributed by atoms with Crippen molar-refractivity contribution >= 4 is 5.91 Å². The van der Waals surface area contributed by atoms with E-state index in [-0.39, 0.29) is 17.7 Å². The van der Waals surface area contributed by atoms with Crippen molar-refractivity contribution in [3.8, 4) is 5.75 Å². The maximum Gasteiger partial charge on any atom is 0.223 e. The van der Waals surface area contributed by atoms with Crippen molar-refractivity contribution in [3.63, 3.8) is 0 Å². The lowest BCUT2D eigenvalue weighted by Crippen LogP contribution is -2.29. The van der Waals surface area contributed by atoms with Crippen LogP contribution in [0.2, 0.25) is 0 Å². The molecule has 0 aromatic heterocycles. The van der Waals surface area contributed by atoms with Gasteiger partial charge < -0.3 is 10.0 Å². The van der Waals surface area contributed by atoms with Gasteiger partial charge in [0, 0.05) is 19.0 Å². The van der Waals surface area contributed by atoms with E-state index in [0.29, 0.717) is 6.42 Å². The first-order valence-electron chi connectivity index (χ1n) is 7.17. The van der Waals surface area contributed by atoms with E-state index in [1.165, 1.54) is 0 Å². The molecule has 110 valence electrons. The second-order valence-electron chi connectivity index (χ2n) is 5.23. The number of hydrogen-bond donors (Lipinski definition) is 1. The van der Waals surface area contributed by atoms with Crippen LogP contribution in [0.1, 0.15) is 30.5 Å². The van der Waals surface area contributed by atoms with Crippen LogP contribution in [0.25, 0.3) is 0 Å². The maximum absolute atomic E-state index is 12.3. The van der Waals surface area contributed by atoms with Crippen LogP contribution in [0, 0.1) is 0 Å². The molecule has 2 aromatic carbocycles. The van der Waals surface area contributed by atoms with Crippen molar-refractivity contribution in [1.82, 2.24) is 4.90 Å². The van der Waals surface area contributed by atoms with E-state index in [0.717, 1.165) is 17.5 Å². The lowest BCUT2D eigenvalue weighted by Gasteiger charge is -2.26. The Kier molecular flexibility index (Phi) is 4.99. The molecule has 0 aliphatic carbocycles. The zero-order valence-corrected chi connectivity index (χ0v) is 12.5. The molecule has 0 aliphatic rings. The number of rotatable bonds is 5. The Bertz CT molecular complexity index is 595. The van der Waals surface area contributed by atoms with Gasteiger partial charge in [-0.3, -0.25) is 4.79 Å². The van der Waals surface area contributed by atoms with E-state index < -0.39 is 0 Å². The molecule has 1 amide bonds. The number of phenols is 1. The number of amides is 1. The van der Waals surface area contributed by atoms with Gasteiger partial charge in [-0.2, -0.15) is 0 Å². The summed E-state index contributed by atoms with van der Waals surface area (Å²) in [5.41, 5.74) is 1.93. The minimum absolute atomic E-state index is 0.0783. The molecule has 1 unspecified atom stereocenters. The van der Waals surface area contributed by atoms with Gasteiger partial charge >= 0.3 is 0 Å². The second kappa shape index (κ2) is 6.93. The molecule has 0 bridgehead atoms. The summed E-state index contributed by atoms with van der Waals surface area (Å²) in [6.45, 7) is 1.93. The third-order valence-corrected chi connectivity index (χ3v) is 3.83. The summed E-state index contributed by atoms with van der Waals surface area (Å²) < 4.78 is 0. The van der Waals surface area contributed by atoms with Gasteiger partial charge in [-0.15, -0.1) is 0 Å². The monoisotopic (exact) mass is 283 g/mol. The van der Waals surface area contributed by atoms with Gasteiger partial charge in [-0.1, -0.05) is 48.5 Å². The Hall–Kier alpha value is -2.29. The summed E-state index contributed by atoms with van der Waals surface area (Å²) in [5, 5.41) is 9.88. The van der Waals surface area contributed by atoms with Crippen LogP contribution in [0.4, 0.5) is 0 Å². The maximum atomic E-state index is 12.3. The summed E-state index contributed by atoms with van der Waals surface area (Å²) in [4.78, 5) is 14.0. The van der Waals surface area contributed by atoms with E-state index >= 15 is 0 Å². The van der Waals surface area contributed by atoms with Gasteiger partial charge in [0.05, 0.1) is 6.04 Å². The molecular formula is C18H21NO2. The first kappa shape index (κ1) is 15.1. The topological polar surface area (TPSA) is 40.5 Å². The van der Waals surface area contributed by atoms with Crippen molar-refractivity contribution in [1.29, 1.82) is 0 Å². The Balaban J connectivity index is 1.97. The fourth-order valence-electron chi connectivity index (χ4n) is 2.34. The summed E-state index contributed by atoms with van der Waals surface area (Å²) in [7, 11) is 1.78. The first-order chi connectivity index (χ1) is 10.1. The molecule has 2 aromatic rings. The number of aryl methyl sites for hydroxylation is 1. The minimum atomic E-state index is -0.144. The fraction of sp³-hybridized carbons (Fsp3) is 0.278. The highest BCUT2D eigenvalue weighted by atomic mass is 16.3. The lowest BCUT2D eigenvalue weighted by molar-refractivity contribution is -0.131. The molecule has 0 saturated heterocycles. The highest BCUT2D eigenvalue weighted by Crippen LogP contribution is 2.27. The van der Waals surface area contributed by atoms with Gasteiger partial charge in [-0.05, 0) is 25.0 Å². The van der Waals surface area contributed by atoms with E-state index in [1.54, 1.807) is 24.1 Å². The highest BCUT2D eigenvalue weighted by Gasteiger charge is 2.19. The third kappa shape index (κ3) is 3.85. The van der Waals surface area contributed by atoms with Gasteiger partial charge in [0.25, 0.3) is 0 Å². The molecule has 3 nitrogen and oxygen atoms in total. The number of para-hydroxylation sites is 1. The Morgan fingerprint density at radius 2 is 1.71 bits per heavy atom. The summed E-state index contributed by atoms with van der Waals surface area (Å²) in [6.07, 6.45) is 1.20. The minimum Gasteiger partial charge on any atom is -0.508 e. The normalized spacial score (nSPS) is 11.9. The molecule has 0 spiro atoms. The Morgan fingerprint density at radius 1 is 1.10 bits per heavy atom.